The van der Waals surface area contributed by atoms with Gasteiger partial charge in [0.05, 0.1) is 6.61 Å². The number of hydrogen-bond acceptors (Lipinski definition) is 3. The highest BCUT2D eigenvalue weighted by Crippen LogP contribution is 2.30. The van der Waals surface area contributed by atoms with Crippen molar-refractivity contribution in [2.24, 2.45) is 5.92 Å². The highest BCUT2D eigenvalue weighted by Gasteiger charge is 2.30. The summed E-state index contributed by atoms with van der Waals surface area (Å²) >= 11 is 0. The maximum absolute atomic E-state index is 5.25. The fourth-order valence-electron chi connectivity index (χ4n) is 3.41. The molecule has 3 heteroatoms. The summed E-state index contributed by atoms with van der Waals surface area (Å²) in [7, 11) is 1.76. The van der Waals surface area contributed by atoms with Crippen LogP contribution >= 0.6 is 0 Å². The molecule has 1 aliphatic carbocycles. The van der Waals surface area contributed by atoms with E-state index in [1.165, 1.54) is 56.4 Å². The summed E-state index contributed by atoms with van der Waals surface area (Å²) in [6.45, 7) is 5.47. The van der Waals surface area contributed by atoms with Gasteiger partial charge in [-0.1, -0.05) is 24.3 Å². The number of rotatable bonds is 7. The predicted octanol–water partition coefficient (Wildman–Crippen LogP) is 2.80. The highest BCUT2D eigenvalue weighted by atomic mass is 16.5. The number of piperidine rings is 1. The maximum atomic E-state index is 5.25. The van der Waals surface area contributed by atoms with Crippen molar-refractivity contribution in [3.05, 3.63) is 35.4 Å². The van der Waals surface area contributed by atoms with Crippen molar-refractivity contribution >= 4 is 0 Å². The van der Waals surface area contributed by atoms with Gasteiger partial charge in [0.2, 0.25) is 0 Å². The number of ether oxygens (including phenoxy) is 1. The quantitative estimate of drug-likeness (QED) is 0.835. The Morgan fingerprint density at radius 1 is 1.24 bits per heavy atom. The molecule has 1 aromatic rings. The summed E-state index contributed by atoms with van der Waals surface area (Å²) in [6, 6.07) is 9.71. The standard InChI is InChI=1S/C18H28N2O/c1-21-14-16-5-2-4-15(10-16)12-20(18-7-8-18)13-17-6-3-9-19-11-17/h2,4-5,10,17-19H,3,6-9,11-14H2,1H3. The summed E-state index contributed by atoms with van der Waals surface area (Å²) < 4.78 is 5.25. The molecular formula is C18H28N2O. The summed E-state index contributed by atoms with van der Waals surface area (Å²) in [4.78, 5) is 2.71. The van der Waals surface area contributed by atoms with Crippen molar-refractivity contribution in [2.75, 3.05) is 26.7 Å². The zero-order valence-electron chi connectivity index (χ0n) is 13.2. The molecule has 2 fully saturated rings. The van der Waals surface area contributed by atoms with Crippen LogP contribution in [0.2, 0.25) is 0 Å². The van der Waals surface area contributed by atoms with Crippen LogP contribution in [0.15, 0.2) is 24.3 Å². The first-order valence-electron chi connectivity index (χ1n) is 8.36. The molecule has 3 nitrogen and oxygen atoms in total. The van der Waals surface area contributed by atoms with Crippen LogP contribution in [0, 0.1) is 5.92 Å². The van der Waals surface area contributed by atoms with Crippen LogP contribution in [-0.4, -0.2) is 37.7 Å². The van der Waals surface area contributed by atoms with Gasteiger partial charge in [-0.05, 0) is 55.8 Å². The van der Waals surface area contributed by atoms with Crippen LogP contribution in [0.3, 0.4) is 0 Å². The first-order chi connectivity index (χ1) is 10.3. The zero-order chi connectivity index (χ0) is 14.5. The van der Waals surface area contributed by atoms with Crippen molar-refractivity contribution in [1.82, 2.24) is 10.2 Å². The lowest BCUT2D eigenvalue weighted by atomic mass is 9.98. The Bertz CT molecular complexity index is 439. The second-order valence-electron chi connectivity index (χ2n) is 6.63. The second-order valence-corrected chi connectivity index (χ2v) is 6.63. The van der Waals surface area contributed by atoms with Gasteiger partial charge in [0.15, 0.2) is 0 Å². The molecule has 0 aromatic heterocycles. The molecule has 1 N–H and O–H groups in total. The number of methoxy groups -OCH3 is 1. The molecule has 3 rings (SSSR count). The molecule has 1 unspecified atom stereocenters. The van der Waals surface area contributed by atoms with Crippen LogP contribution in [0.4, 0.5) is 0 Å². The Morgan fingerprint density at radius 3 is 2.81 bits per heavy atom. The topological polar surface area (TPSA) is 24.5 Å². The Morgan fingerprint density at radius 2 is 2.10 bits per heavy atom. The third-order valence-electron chi connectivity index (χ3n) is 4.64. The molecule has 1 heterocycles. The normalized spacial score (nSPS) is 22.7. The zero-order valence-corrected chi connectivity index (χ0v) is 13.2. The molecular weight excluding hydrogens is 260 g/mol. The fraction of sp³-hybridized carbons (Fsp3) is 0.667. The lowest BCUT2D eigenvalue weighted by Gasteiger charge is -2.30. The van der Waals surface area contributed by atoms with E-state index in [-0.39, 0.29) is 0 Å². The molecule has 0 amide bonds. The average molecular weight is 288 g/mol. The summed E-state index contributed by atoms with van der Waals surface area (Å²) in [5.74, 6) is 0.835. The van der Waals surface area contributed by atoms with Crippen LogP contribution in [0.25, 0.3) is 0 Å². The molecule has 1 aliphatic heterocycles. The molecule has 1 saturated carbocycles. The van der Waals surface area contributed by atoms with Gasteiger partial charge in [-0.25, -0.2) is 0 Å². The van der Waals surface area contributed by atoms with E-state index in [1.54, 1.807) is 7.11 Å². The monoisotopic (exact) mass is 288 g/mol. The average Bonchev–Trinajstić information content (AvgIpc) is 3.33. The number of nitrogens with one attached hydrogen (secondary N) is 1. The molecule has 21 heavy (non-hydrogen) atoms. The van der Waals surface area contributed by atoms with Gasteiger partial charge < -0.3 is 10.1 Å². The number of hydrogen-bond donors (Lipinski definition) is 1. The van der Waals surface area contributed by atoms with Gasteiger partial charge in [0, 0.05) is 26.2 Å². The van der Waals surface area contributed by atoms with Crippen LogP contribution in [0.5, 0.6) is 0 Å². The predicted molar refractivity (Wildman–Crippen MR) is 86.2 cm³/mol. The van der Waals surface area contributed by atoms with Crippen molar-refractivity contribution in [1.29, 1.82) is 0 Å². The first kappa shape index (κ1) is 15.0. The largest absolute Gasteiger partial charge is 0.380 e. The molecule has 2 aliphatic rings. The molecule has 1 atom stereocenters. The van der Waals surface area contributed by atoms with Crippen LogP contribution in [-0.2, 0) is 17.9 Å². The third-order valence-corrected chi connectivity index (χ3v) is 4.64. The van der Waals surface area contributed by atoms with E-state index in [9.17, 15) is 0 Å². The smallest absolute Gasteiger partial charge is 0.0713 e. The lowest BCUT2D eigenvalue weighted by Crippen LogP contribution is -2.39. The van der Waals surface area contributed by atoms with Gasteiger partial charge in [0.1, 0.15) is 0 Å². The summed E-state index contributed by atoms with van der Waals surface area (Å²) in [6.07, 6.45) is 5.50. The van der Waals surface area contributed by atoms with Crippen molar-refractivity contribution in [3.8, 4) is 0 Å². The molecule has 1 saturated heterocycles. The van der Waals surface area contributed by atoms with Crippen LogP contribution < -0.4 is 5.32 Å². The minimum atomic E-state index is 0.712. The fourth-order valence-corrected chi connectivity index (χ4v) is 3.41. The van der Waals surface area contributed by atoms with Crippen molar-refractivity contribution in [3.63, 3.8) is 0 Å². The van der Waals surface area contributed by atoms with Gasteiger partial charge in [-0.2, -0.15) is 0 Å². The van der Waals surface area contributed by atoms with Crippen LogP contribution in [0.1, 0.15) is 36.8 Å². The minimum Gasteiger partial charge on any atom is -0.380 e. The van der Waals surface area contributed by atoms with E-state index in [0.717, 1.165) is 18.5 Å². The Kier molecular flexibility index (Phi) is 5.28. The molecule has 0 spiro atoms. The second kappa shape index (κ2) is 7.39. The number of benzene rings is 1. The molecule has 116 valence electrons. The SMILES string of the molecule is COCc1cccc(CN(CC2CCCNC2)C2CC2)c1. The third kappa shape index (κ3) is 4.53. The van der Waals surface area contributed by atoms with E-state index >= 15 is 0 Å². The van der Waals surface area contributed by atoms with Gasteiger partial charge in [0.25, 0.3) is 0 Å². The van der Waals surface area contributed by atoms with E-state index in [2.05, 4.69) is 34.5 Å². The summed E-state index contributed by atoms with van der Waals surface area (Å²) in [5.41, 5.74) is 2.71. The molecule has 0 radical (unpaired) electrons. The summed E-state index contributed by atoms with van der Waals surface area (Å²) in [5, 5.41) is 3.55. The van der Waals surface area contributed by atoms with E-state index in [0.29, 0.717) is 6.61 Å². The van der Waals surface area contributed by atoms with E-state index < -0.39 is 0 Å². The lowest BCUT2D eigenvalue weighted by molar-refractivity contribution is 0.183. The Hall–Kier alpha value is -0.900. The molecule has 1 aromatic carbocycles. The Balaban J connectivity index is 1.60. The van der Waals surface area contributed by atoms with E-state index in [1.807, 2.05) is 0 Å². The van der Waals surface area contributed by atoms with Crippen molar-refractivity contribution in [2.45, 2.75) is 44.9 Å². The Labute approximate surface area is 128 Å². The van der Waals surface area contributed by atoms with Gasteiger partial charge in [-0.15, -0.1) is 0 Å². The van der Waals surface area contributed by atoms with E-state index in [4.69, 9.17) is 4.74 Å². The van der Waals surface area contributed by atoms with Crippen molar-refractivity contribution < 1.29 is 4.74 Å². The maximum Gasteiger partial charge on any atom is 0.0713 e. The number of nitrogens with zero attached hydrogens (tertiary/aromatic N) is 1. The van der Waals surface area contributed by atoms with Gasteiger partial charge >= 0.3 is 0 Å². The minimum absolute atomic E-state index is 0.712. The first-order valence-corrected chi connectivity index (χ1v) is 8.36. The highest BCUT2D eigenvalue weighted by molar-refractivity contribution is 5.23. The van der Waals surface area contributed by atoms with Gasteiger partial charge in [-0.3, -0.25) is 4.90 Å². The molecule has 0 bridgehead atoms.